The van der Waals surface area contributed by atoms with Crippen LogP contribution in [0.25, 0.3) is 0 Å². The van der Waals surface area contributed by atoms with E-state index in [1.165, 1.54) is 25.7 Å². The molecule has 0 bridgehead atoms. The maximum absolute atomic E-state index is 13.2. The van der Waals surface area contributed by atoms with E-state index in [1.807, 2.05) is 6.33 Å². The molecule has 1 aromatic rings. The molecule has 2 fully saturated rings. The predicted molar refractivity (Wildman–Crippen MR) is 93.8 cm³/mol. The van der Waals surface area contributed by atoms with Crippen molar-refractivity contribution in [3.63, 3.8) is 0 Å². The lowest BCUT2D eigenvalue weighted by atomic mass is 10.00. The van der Waals surface area contributed by atoms with Gasteiger partial charge in [-0.2, -0.15) is 0 Å². The van der Waals surface area contributed by atoms with Crippen LogP contribution in [0, 0.1) is 5.92 Å². The third-order valence-corrected chi connectivity index (χ3v) is 5.87. The normalized spacial score (nSPS) is 25.2. The van der Waals surface area contributed by atoms with E-state index in [1.54, 1.807) is 0 Å². The maximum Gasteiger partial charge on any atom is 0.243 e. The van der Waals surface area contributed by atoms with Crippen LogP contribution in [0.5, 0.6) is 0 Å². The van der Waals surface area contributed by atoms with E-state index in [9.17, 15) is 4.79 Å². The van der Waals surface area contributed by atoms with Gasteiger partial charge in [-0.05, 0) is 45.4 Å². The molecule has 4 rings (SSSR count). The van der Waals surface area contributed by atoms with E-state index in [2.05, 4.69) is 33.6 Å². The molecule has 5 nitrogen and oxygen atoms in total. The average Bonchev–Trinajstić information content (AvgIpc) is 3.05. The van der Waals surface area contributed by atoms with Gasteiger partial charge in [0.05, 0.1) is 17.7 Å². The maximum atomic E-state index is 13.2. The third kappa shape index (κ3) is 3.10. The first kappa shape index (κ1) is 16.1. The van der Waals surface area contributed by atoms with E-state index >= 15 is 0 Å². The minimum absolute atomic E-state index is 0.153. The summed E-state index contributed by atoms with van der Waals surface area (Å²) in [7, 11) is 0. The molecular weight excluding hydrogens is 300 g/mol. The van der Waals surface area contributed by atoms with Crippen molar-refractivity contribution in [3.8, 4) is 0 Å². The SMILES string of the molecule is CC(C)n1cnc2c1[C@@H](C(=O)NC1CCCC1)N(CC1CC1)CC2. The highest BCUT2D eigenvalue weighted by Gasteiger charge is 2.39. The van der Waals surface area contributed by atoms with Gasteiger partial charge < -0.3 is 9.88 Å². The average molecular weight is 330 g/mol. The number of hydrogen-bond acceptors (Lipinski definition) is 3. The molecule has 0 spiro atoms. The fourth-order valence-electron chi connectivity index (χ4n) is 4.33. The smallest absolute Gasteiger partial charge is 0.243 e. The van der Waals surface area contributed by atoms with Crippen molar-refractivity contribution in [2.75, 3.05) is 13.1 Å². The Bertz CT molecular complexity index is 599. The fourth-order valence-corrected chi connectivity index (χ4v) is 4.33. The van der Waals surface area contributed by atoms with Crippen LogP contribution in [0.4, 0.5) is 0 Å². The molecule has 1 aromatic heterocycles. The number of hydrogen-bond donors (Lipinski definition) is 1. The first-order chi connectivity index (χ1) is 11.6. The van der Waals surface area contributed by atoms with Gasteiger partial charge in [-0.3, -0.25) is 9.69 Å². The molecule has 5 heteroatoms. The summed E-state index contributed by atoms with van der Waals surface area (Å²) in [6, 6.07) is 0.560. The van der Waals surface area contributed by atoms with Crippen molar-refractivity contribution in [2.45, 2.75) is 76.9 Å². The summed E-state index contributed by atoms with van der Waals surface area (Å²) in [5.41, 5.74) is 2.27. The van der Waals surface area contributed by atoms with Gasteiger partial charge in [-0.15, -0.1) is 0 Å². The van der Waals surface area contributed by atoms with Gasteiger partial charge in [0.15, 0.2) is 0 Å². The molecule has 132 valence electrons. The molecule has 1 N–H and O–H groups in total. The number of amides is 1. The Hall–Kier alpha value is -1.36. The Labute approximate surface area is 144 Å². The minimum Gasteiger partial charge on any atom is -0.352 e. The molecular formula is C19H30N4O. The fraction of sp³-hybridized carbons (Fsp3) is 0.789. The van der Waals surface area contributed by atoms with Gasteiger partial charge in [0, 0.05) is 31.6 Å². The number of carbonyl (C=O) groups is 1. The van der Waals surface area contributed by atoms with Crippen molar-refractivity contribution in [1.29, 1.82) is 0 Å². The van der Waals surface area contributed by atoms with E-state index in [0.717, 1.165) is 49.7 Å². The number of nitrogens with one attached hydrogen (secondary N) is 1. The van der Waals surface area contributed by atoms with E-state index in [-0.39, 0.29) is 11.9 Å². The summed E-state index contributed by atoms with van der Waals surface area (Å²) in [5.74, 6) is 0.995. The zero-order valence-corrected chi connectivity index (χ0v) is 15.0. The molecule has 0 radical (unpaired) electrons. The Balaban J connectivity index is 1.62. The van der Waals surface area contributed by atoms with Crippen LogP contribution in [0.1, 0.15) is 75.8 Å². The second-order valence-electron chi connectivity index (χ2n) is 8.16. The zero-order chi connectivity index (χ0) is 16.7. The van der Waals surface area contributed by atoms with Crippen molar-refractivity contribution >= 4 is 5.91 Å². The van der Waals surface area contributed by atoms with Crippen LogP contribution in [0.2, 0.25) is 0 Å². The number of rotatable bonds is 5. The van der Waals surface area contributed by atoms with Gasteiger partial charge in [0.2, 0.25) is 5.91 Å². The third-order valence-electron chi connectivity index (χ3n) is 5.87. The quantitative estimate of drug-likeness (QED) is 0.903. The van der Waals surface area contributed by atoms with Crippen LogP contribution in [0.15, 0.2) is 6.33 Å². The summed E-state index contributed by atoms with van der Waals surface area (Å²) in [6.45, 7) is 6.37. The topological polar surface area (TPSA) is 50.2 Å². The molecule has 0 saturated heterocycles. The molecule has 1 aliphatic heterocycles. The van der Waals surface area contributed by atoms with E-state index in [0.29, 0.717) is 12.1 Å². The first-order valence-electron chi connectivity index (χ1n) is 9.73. The molecule has 24 heavy (non-hydrogen) atoms. The lowest BCUT2D eigenvalue weighted by Crippen LogP contribution is -2.48. The highest BCUT2D eigenvalue weighted by Crippen LogP contribution is 2.37. The number of nitrogens with zero attached hydrogens (tertiary/aromatic N) is 3. The lowest BCUT2D eigenvalue weighted by Gasteiger charge is -2.36. The monoisotopic (exact) mass is 330 g/mol. The van der Waals surface area contributed by atoms with Crippen molar-refractivity contribution < 1.29 is 4.79 Å². The predicted octanol–water partition coefficient (Wildman–Crippen LogP) is 2.83. The van der Waals surface area contributed by atoms with Crippen LogP contribution in [-0.2, 0) is 11.2 Å². The highest BCUT2D eigenvalue weighted by atomic mass is 16.2. The number of carbonyl (C=O) groups excluding carboxylic acids is 1. The summed E-state index contributed by atoms with van der Waals surface area (Å²) in [5, 5.41) is 3.35. The van der Waals surface area contributed by atoms with E-state index in [4.69, 9.17) is 0 Å². The molecule has 2 heterocycles. The standard InChI is InChI=1S/C19H30N4O/c1-13(2)23-12-20-16-9-10-22(11-14-7-8-14)18(17(16)23)19(24)21-15-5-3-4-6-15/h12-15,18H,3-11H2,1-2H3,(H,21,24)/t18-/m0/s1. The Morgan fingerprint density at radius 3 is 2.71 bits per heavy atom. The zero-order valence-electron chi connectivity index (χ0n) is 15.0. The van der Waals surface area contributed by atoms with Gasteiger partial charge in [-0.25, -0.2) is 4.98 Å². The summed E-state index contributed by atoms with van der Waals surface area (Å²) < 4.78 is 2.22. The molecule has 0 aromatic carbocycles. The number of aromatic nitrogens is 2. The second kappa shape index (κ2) is 6.51. The van der Waals surface area contributed by atoms with Gasteiger partial charge in [-0.1, -0.05) is 12.8 Å². The number of fused-ring (bicyclic) bond motifs is 1. The Morgan fingerprint density at radius 2 is 2.04 bits per heavy atom. The molecule has 0 unspecified atom stereocenters. The van der Waals surface area contributed by atoms with Crippen molar-refractivity contribution in [3.05, 3.63) is 17.7 Å². The van der Waals surface area contributed by atoms with Crippen LogP contribution in [-0.4, -0.2) is 39.5 Å². The van der Waals surface area contributed by atoms with Crippen molar-refractivity contribution in [2.24, 2.45) is 5.92 Å². The summed E-state index contributed by atoms with van der Waals surface area (Å²) >= 11 is 0. The molecule has 3 aliphatic rings. The highest BCUT2D eigenvalue weighted by molar-refractivity contribution is 5.83. The van der Waals surface area contributed by atoms with E-state index < -0.39 is 0 Å². The molecule has 2 saturated carbocycles. The Kier molecular flexibility index (Phi) is 4.37. The van der Waals surface area contributed by atoms with Crippen LogP contribution >= 0.6 is 0 Å². The van der Waals surface area contributed by atoms with Gasteiger partial charge in [0.1, 0.15) is 6.04 Å². The molecule has 1 atom stereocenters. The van der Waals surface area contributed by atoms with Crippen LogP contribution in [0.3, 0.4) is 0 Å². The van der Waals surface area contributed by atoms with Crippen molar-refractivity contribution in [1.82, 2.24) is 19.8 Å². The Morgan fingerprint density at radius 1 is 1.29 bits per heavy atom. The number of imidazole rings is 1. The second-order valence-corrected chi connectivity index (χ2v) is 8.16. The summed E-state index contributed by atoms with van der Waals surface area (Å²) in [4.78, 5) is 20.3. The van der Waals surface area contributed by atoms with Crippen LogP contribution < -0.4 is 5.32 Å². The van der Waals surface area contributed by atoms with Gasteiger partial charge in [0.25, 0.3) is 0 Å². The minimum atomic E-state index is -0.153. The molecule has 2 aliphatic carbocycles. The molecule has 1 amide bonds. The lowest BCUT2D eigenvalue weighted by molar-refractivity contribution is -0.128. The largest absolute Gasteiger partial charge is 0.352 e. The summed E-state index contributed by atoms with van der Waals surface area (Å²) in [6.07, 6.45) is 10.3. The van der Waals surface area contributed by atoms with Gasteiger partial charge >= 0.3 is 0 Å². The first-order valence-corrected chi connectivity index (χ1v) is 9.73.